The number of carbonyl (C=O) groups is 2. The van der Waals surface area contributed by atoms with Gasteiger partial charge in [0.15, 0.2) is 17.4 Å². The molecule has 0 aliphatic carbocycles. The lowest BCUT2D eigenvalue weighted by molar-refractivity contribution is 0.0876. The average Bonchev–Trinajstić information content (AvgIpc) is 4.10. The smallest absolute Gasteiger partial charge is 0.252 e. The Hall–Kier alpha value is -4.70. The van der Waals surface area contributed by atoms with Crippen LogP contribution in [-0.2, 0) is 13.1 Å². The van der Waals surface area contributed by atoms with Crippen LogP contribution in [-0.4, -0.2) is 50.5 Å². The fourth-order valence-electron chi connectivity index (χ4n) is 7.49. The summed E-state index contributed by atoms with van der Waals surface area (Å²) < 4.78 is 4.35. The molecule has 16 heteroatoms. The highest BCUT2D eigenvalue weighted by molar-refractivity contribution is 7.13. The number of rotatable bonds is 7. The molecule has 2 aliphatic heterocycles. The van der Waals surface area contributed by atoms with E-state index < -0.39 is 5.24 Å². The van der Waals surface area contributed by atoms with Crippen LogP contribution in [0.5, 0.6) is 0 Å². The second-order valence-corrected chi connectivity index (χ2v) is 18.9. The molecule has 8 heterocycles. The molecule has 6 aromatic heterocycles. The monoisotopic (exact) mass is 912 g/mol. The van der Waals surface area contributed by atoms with Gasteiger partial charge in [-0.25, -0.2) is 9.97 Å². The highest BCUT2D eigenvalue weighted by atomic mass is 35.5. The van der Waals surface area contributed by atoms with Crippen molar-refractivity contribution in [2.24, 2.45) is 5.92 Å². The summed E-state index contributed by atoms with van der Waals surface area (Å²) >= 11 is 12.0. The van der Waals surface area contributed by atoms with Crippen LogP contribution < -0.4 is 0 Å². The lowest BCUT2D eigenvalue weighted by Crippen LogP contribution is -2.29. The summed E-state index contributed by atoms with van der Waals surface area (Å²) in [6, 6.07) is 23.5. The molecule has 0 fully saturated rings. The normalized spacial score (nSPS) is 16.6. The fourth-order valence-corrected chi connectivity index (χ4v) is 10.3. The van der Waals surface area contributed by atoms with Gasteiger partial charge in [0, 0.05) is 62.5 Å². The van der Waals surface area contributed by atoms with Gasteiger partial charge in [-0.15, -0.1) is 78.1 Å². The van der Waals surface area contributed by atoms with Gasteiger partial charge in [0.1, 0.15) is 23.0 Å². The largest absolute Gasteiger partial charge is 0.309 e. The van der Waals surface area contributed by atoms with Crippen LogP contribution in [0.4, 0.5) is 0 Å². The Bertz CT molecular complexity index is 2670. The molecule has 2 aromatic carbocycles. The first-order chi connectivity index (χ1) is 28.6. The van der Waals surface area contributed by atoms with E-state index in [-0.39, 0.29) is 30.0 Å². The maximum absolute atomic E-state index is 13.2. The second-order valence-electron chi connectivity index (χ2n) is 14.5. The summed E-state index contributed by atoms with van der Waals surface area (Å²) in [4.78, 5) is 35.5. The third-order valence-corrected chi connectivity index (χ3v) is 14.2. The fraction of sp³-hybridized carbons (Fsp3) is 0.273. The molecule has 0 spiro atoms. The Morgan fingerprint density at radius 3 is 1.65 bits per heavy atom. The first kappa shape index (κ1) is 43.4. The third-order valence-electron chi connectivity index (χ3n) is 10.6. The number of benzene rings is 2. The lowest BCUT2D eigenvalue weighted by atomic mass is 9.81. The van der Waals surface area contributed by atoms with Gasteiger partial charge in [-0.3, -0.25) is 9.59 Å². The molecule has 0 amide bonds. The molecule has 3 atom stereocenters. The average molecular weight is 914 g/mol. The molecule has 8 aromatic rings. The molecular weight excluding hydrogens is 872 g/mol. The summed E-state index contributed by atoms with van der Waals surface area (Å²) in [6.45, 7) is 10.1. The van der Waals surface area contributed by atoms with E-state index in [1.54, 1.807) is 57.5 Å². The summed E-state index contributed by atoms with van der Waals surface area (Å²) in [5, 5.41) is 27.2. The summed E-state index contributed by atoms with van der Waals surface area (Å²) in [5.41, 5.74) is 5.40. The number of aryl methyl sites for hydroxylation is 2. The number of thiophene rings is 2. The van der Waals surface area contributed by atoms with E-state index in [1.165, 1.54) is 22.6 Å². The van der Waals surface area contributed by atoms with E-state index in [0.29, 0.717) is 11.5 Å². The minimum atomic E-state index is -0.414. The van der Waals surface area contributed by atoms with Crippen molar-refractivity contribution in [3.05, 3.63) is 127 Å². The van der Waals surface area contributed by atoms with Crippen LogP contribution in [0, 0.1) is 19.8 Å². The van der Waals surface area contributed by atoms with Crippen molar-refractivity contribution < 1.29 is 9.59 Å². The molecule has 0 bridgehead atoms. The molecule has 0 saturated carbocycles. The number of hydrogen-bond donors (Lipinski definition) is 0. The number of ketones is 1. The Balaban J connectivity index is 0.000000148. The van der Waals surface area contributed by atoms with Crippen molar-refractivity contribution in [2.45, 2.75) is 71.9 Å². The Kier molecular flexibility index (Phi) is 14.0. The minimum Gasteiger partial charge on any atom is -0.309 e. The van der Waals surface area contributed by atoms with Gasteiger partial charge in [-0.2, -0.15) is 0 Å². The van der Waals surface area contributed by atoms with Crippen molar-refractivity contribution in [1.29, 1.82) is 0 Å². The van der Waals surface area contributed by atoms with Crippen LogP contribution in [0.2, 0.25) is 0 Å². The van der Waals surface area contributed by atoms with Gasteiger partial charge in [-0.05, 0) is 90.9 Å². The quantitative estimate of drug-likeness (QED) is 0.114. The van der Waals surface area contributed by atoms with Crippen molar-refractivity contribution in [1.82, 2.24) is 39.5 Å². The van der Waals surface area contributed by atoms with Crippen molar-refractivity contribution >= 4 is 80.4 Å². The molecule has 60 heavy (non-hydrogen) atoms. The SMILES string of the molecule is Cc1nc(-c2nnc3n2CCC(C(=O)c2ccc(-c4cccs4)cc2)[C@@H]3C)cs1.Cc1nc(-c2nnc3n2CCC[C@@H]3C)cs1.Cl.O=C(Cl)c1ccc(-c2cccs2)cc1. The maximum atomic E-state index is 13.2. The summed E-state index contributed by atoms with van der Waals surface area (Å²) in [7, 11) is 0. The van der Waals surface area contributed by atoms with E-state index in [9.17, 15) is 9.59 Å². The Morgan fingerprint density at radius 1 is 0.650 bits per heavy atom. The predicted molar refractivity (Wildman–Crippen MR) is 247 cm³/mol. The molecule has 0 N–H and O–H groups in total. The highest BCUT2D eigenvalue weighted by Gasteiger charge is 2.35. The zero-order chi connectivity index (χ0) is 41.0. The molecule has 2 aliphatic rings. The zero-order valence-electron chi connectivity index (χ0n) is 33.3. The van der Waals surface area contributed by atoms with E-state index in [0.717, 1.165) is 80.9 Å². The Labute approximate surface area is 375 Å². The molecule has 1 unspecified atom stereocenters. The zero-order valence-corrected chi connectivity index (χ0v) is 38.2. The number of hydrogen-bond acceptors (Lipinski definition) is 12. The highest BCUT2D eigenvalue weighted by Crippen LogP contribution is 2.37. The van der Waals surface area contributed by atoms with Gasteiger partial charge in [0.2, 0.25) is 0 Å². The molecule has 10 rings (SSSR count). The van der Waals surface area contributed by atoms with Gasteiger partial charge in [0.25, 0.3) is 5.24 Å². The number of halogens is 2. The standard InChI is InChI=1S/C22H20N4OS2.C11H7ClOS.C11H14N4S.ClH/c1-13-17(20(27)16-7-5-15(6-8-16)19-4-3-11-28-19)9-10-26-21(13)24-25-22(26)18-12-29-14(2)23-18;12-11(13)9-5-3-8(4-6-9)10-2-1-7-14-10;1-7-4-3-5-15-10(7)13-14-11(15)9-6-16-8(2)12-9;/h3-8,11-13,17H,9-10H2,1-2H3;1-7H;6-7H,3-5H2,1-2H3;1H/t13-,17?;;7-;/m0.0./s1. The van der Waals surface area contributed by atoms with Crippen LogP contribution in [0.3, 0.4) is 0 Å². The van der Waals surface area contributed by atoms with Crippen molar-refractivity contribution in [2.75, 3.05) is 0 Å². The van der Waals surface area contributed by atoms with Crippen LogP contribution in [0.1, 0.15) is 87.3 Å². The lowest BCUT2D eigenvalue weighted by Gasteiger charge is -2.28. The molecule has 0 radical (unpaired) electrons. The van der Waals surface area contributed by atoms with Gasteiger partial charge in [0.05, 0.1) is 10.0 Å². The molecule has 10 nitrogen and oxygen atoms in total. The van der Waals surface area contributed by atoms with Gasteiger partial charge >= 0.3 is 0 Å². The number of thiazole rings is 2. The maximum Gasteiger partial charge on any atom is 0.252 e. The number of Topliss-reactive ketones (excluding diaryl/α,β-unsaturated/α-hetero) is 1. The van der Waals surface area contributed by atoms with Crippen LogP contribution >= 0.6 is 69.4 Å². The topological polar surface area (TPSA) is 121 Å². The number of fused-ring (bicyclic) bond motifs is 2. The summed E-state index contributed by atoms with van der Waals surface area (Å²) in [6.07, 6.45) is 3.21. The van der Waals surface area contributed by atoms with Gasteiger partial charge < -0.3 is 9.13 Å². The van der Waals surface area contributed by atoms with E-state index in [4.69, 9.17) is 11.6 Å². The molecule has 0 saturated heterocycles. The minimum absolute atomic E-state index is 0. The molecule has 308 valence electrons. The number of carbonyl (C=O) groups excluding carboxylic acids is 2. The van der Waals surface area contributed by atoms with Gasteiger partial charge in [-0.1, -0.05) is 62.4 Å². The van der Waals surface area contributed by atoms with Crippen LogP contribution in [0.15, 0.2) is 94.3 Å². The predicted octanol–water partition coefficient (Wildman–Crippen LogP) is 12.3. The van der Waals surface area contributed by atoms with E-state index in [1.807, 2.05) is 79.2 Å². The van der Waals surface area contributed by atoms with Crippen molar-refractivity contribution in [3.8, 4) is 43.9 Å². The van der Waals surface area contributed by atoms with E-state index >= 15 is 0 Å². The van der Waals surface area contributed by atoms with Crippen molar-refractivity contribution in [3.63, 3.8) is 0 Å². The molecular formula is C44H42Cl2N8O2S4. The Morgan fingerprint density at radius 2 is 1.17 bits per heavy atom. The number of nitrogens with zero attached hydrogens (tertiary/aromatic N) is 8. The first-order valence-corrected chi connectivity index (χ1v) is 23.3. The second kappa shape index (κ2) is 19.3. The van der Waals surface area contributed by atoms with Crippen LogP contribution in [0.25, 0.3) is 43.9 Å². The summed E-state index contributed by atoms with van der Waals surface area (Å²) in [5.74, 6) is 4.40. The first-order valence-electron chi connectivity index (χ1n) is 19.4. The van der Waals surface area contributed by atoms with E-state index in [2.05, 4.69) is 70.2 Å². The third kappa shape index (κ3) is 9.44. The number of aromatic nitrogens is 8.